The van der Waals surface area contributed by atoms with Crippen LogP contribution in [0.1, 0.15) is 19.3 Å². The Bertz CT molecular complexity index is 143. The Balaban J connectivity index is 1.89. The molecule has 3 heteroatoms. The van der Waals surface area contributed by atoms with Gasteiger partial charge in [0.15, 0.2) is 0 Å². The number of rotatable bonds is 1. The van der Waals surface area contributed by atoms with Crippen LogP contribution in [0.4, 0.5) is 0 Å². The van der Waals surface area contributed by atoms with Crippen LogP contribution < -0.4 is 11.1 Å². The van der Waals surface area contributed by atoms with E-state index in [0.717, 1.165) is 13.1 Å². The average Bonchev–Trinajstić information content (AvgIpc) is 2.53. The molecule has 2 atom stereocenters. The average molecular weight is 169 g/mol. The van der Waals surface area contributed by atoms with Crippen LogP contribution in [0.5, 0.6) is 0 Å². The number of hydrogen-bond acceptors (Lipinski definition) is 3. The van der Waals surface area contributed by atoms with Gasteiger partial charge in [0.05, 0.1) is 0 Å². The zero-order valence-electron chi connectivity index (χ0n) is 7.63. The summed E-state index contributed by atoms with van der Waals surface area (Å²) in [5, 5.41) is 3.37. The van der Waals surface area contributed by atoms with Crippen LogP contribution >= 0.6 is 0 Å². The second-order valence-electron chi connectivity index (χ2n) is 3.95. The number of nitrogens with two attached hydrogens (primary N) is 1. The first-order valence-electron chi connectivity index (χ1n) is 5.08. The van der Waals surface area contributed by atoms with Gasteiger partial charge >= 0.3 is 0 Å². The molecule has 0 spiro atoms. The second-order valence-corrected chi connectivity index (χ2v) is 3.95. The maximum Gasteiger partial charge on any atom is 0.0248 e. The molecule has 2 rings (SSSR count). The van der Waals surface area contributed by atoms with Gasteiger partial charge in [-0.15, -0.1) is 0 Å². The van der Waals surface area contributed by atoms with Gasteiger partial charge in [0, 0.05) is 38.3 Å². The van der Waals surface area contributed by atoms with Crippen LogP contribution in [0.2, 0.25) is 0 Å². The molecule has 1 saturated carbocycles. The molecule has 3 N–H and O–H groups in total. The van der Waals surface area contributed by atoms with Crippen molar-refractivity contribution in [2.45, 2.75) is 31.3 Å². The zero-order chi connectivity index (χ0) is 8.39. The summed E-state index contributed by atoms with van der Waals surface area (Å²) in [4.78, 5) is 2.56. The van der Waals surface area contributed by atoms with Gasteiger partial charge in [-0.3, -0.25) is 4.90 Å². The first-order chi connectivity index (χ1) is 5.88. The maximum atomic E-state index is 6.05. The summed E-state index contributed by atoms with van der Waals surface area (Å²) in [6.07, 6.45) is 3.88. The van der Waals surface area contributed by atoms with Crippen LogP contribution in [-0.2, 0) is 0 Å². The Kier molecular flexibility index (Phi) is 2.63. The van der Waals surface area contributed by atoms with E-state index in [0.29, 0.717) is 12.1 Å². The van der Waals surface area contributed by atoms with Gasteiger partial charge in [-0.1, -0.05) is 6.42 Å². The van der Waals surface area contributed by atoms with E-state index in [1.165, 1.54) is 32.4 Å². The third-order valence-electron chi connectivity index (χ3n) is 3.15. The minimum atomic E-state index is 0.447. The van der Waals surface area contributed by atoms with Crippen LogP contribution in [0.3, 0.4) is 0 Å². The van der Waals surface area contributed by atoms with Crippen molar-refractivity contribution < 1.29 is 0 Å². The van der Waals surface area contributed by atoms with E-state index in [2.05, 4.69) is 10.2 Å². The maximum absolute atomic E-state index is 6.05. The van der Waals surface area contributed by atoms with Crippen LogP contribution in [-0.4, -0.2) is 43.2 Å². The van der Waals surface area contributed by atoms with Crippen molar-refractivity contribution >= 4 is 0 Å². The van der Waals surface area contributed by atoms with Gasteiger partial charge in [0.25, 0.3) is 0 Å². The minimum absolute atomic E-state index is 0.447. The molecular weight excluding hydrogens is 150 g/mol. The first-order valence-corrected chi connectivity index (χ1v) is 5.08. The summed E-state index contributed by atoms with van der Waals surface area (Å²) in [7, 11) is 0. The lowest BCUT2D eigenvalue weighted by molar-refractivity contribution is 0.164. The molecule has 0 aromatic heterocycles. The third-order valence-corrected chi connectivity index (χ3v) is 3.15. The lowest BCUT2D eigenvalue weighted by Crippen LogP contribution is -2.52. The predicted molar refractivity (Wildman–Crippen MR) is 50.1 cm³/mol. The molecule has 2 aliphatic rings. The molecule has 2 fully saturated rings. The number of nitrogens with zero attached hydrogens (tertiary/aromatic N) is 1. The van der Waals surface area contributed by atoms with E-state index in [1.807, 2.05) is 0 Å². The van der Waals surface area contributed by atoms with E-state index < -0.39 is 0 Å². The lowest BCUT2D eigenvalue weighted by Gasteiger charge is -2.34. The SMILES string of the molecule is N[C@@H]1CCC[C@@H]1N1CCNCC1. The number of piperazine rings is 1. The van der Waals surface area contributed by atoms with Gasteiger partial charge in [-0.2, -0.15) is 0 Å². The van der Waals surface area contributed by atoms with E-state index in [-0.39, 0.29) is 0 Å². The smallest absolute Gasteiger partial charge is 0.0248 e. The largest absolute Gasteiger partial charge is 0.326 e. The Morgan fingerprint density at radius 1 is 1.17 bits per heavy atom. The monoisotopic (exact) mass is 169 g/mol. The Hall–Kier alpha value is -0.120. The fourth-order valence-corrected chi connectivity index (χ4v) is 2.44. The summed E-state index contributed by atoms with van der Waals surface area (Å²) < 4.78 is 0. The van der Waals surface area contributed by atoms with E-state index in [1.54, 1.807) is 0 Å². The van der Waals surface area contributed by atoms with Crippen LogP contribution in [0, 0.1) is 0 Å². The standard InChI is InChI=1S/C9H19N3/c10-8-2-1-3-9(8)12-6-4-11-5-7-12/h8-9,11H,1-7,10H2/t8-,9+/m1/s1. The molecule has 0 amide bonds. The summed E-state index contributed by atoms with van der Waals surface area (Å²) in [6.45, 7) is 4.67. The van der Waals surface area contributed by atoms with Gasteiger partial charge < -0.3 is 11.1 Å². The van der Waals surface area contributed by atoms with E-state index >= 15 is 0 Å². The molecule has 12 heavy (non-hydrogen) atoms. The van der Waals surface area contributed by atoms with Crippen molar-refractivity contribution in [2.24, 2.45) is 5.73 Å². The molecule has 1 heterocycles. The molecule has 1 saturated heterocycles. The Labute approximate surface area is 74.3 Å². The Morgan fingerprint density at radius 3 is 2.50 bits per heavy atom. The normalized spacial score (nSPS) is 38.8. The molecule has 0 unspecified atom stereocenters. The molecule has 70 valence electrons. The fourth-order valence-electron chi connectivity index (χ4n) is 2.44. The number of hydrogen-bond donors (Lipinski definition) is 2. The first kappa shape index (κ1) is 8.48. The van der Waals surface area contributed by atoms with Gasteiger partial charge in [-0.25, -0.2) is 0 Å². The highest BCUT2D eigenvalue weighted by atomic mass is 15.2. The molecule has 1 aliphatic carbocycles. The van der Waals surface area contributed by atoms with Gasteiger partial charge in [-0.05, 0) is 12.8 Å². The quantitative estimate of drug-likeness (QED) is 0.570. The molecule has 0 aromatic rings. The van der Waals surface area contributed by atoms with Crippen LogP contribution in [0.15, 0.2) is 0 Å². The summed E-state index contributed by atoms with van der Waals surface area (Å²) in [5.74, 6) is 0. The lowest BCUT2D eigenvalue weighted by atomic mass is 10.1. The van der Waals surface area contributed by atoms with E-state index in [9.17, 15) is 0 Å². The summed E-state index contributed by atoms with van der Waals surface area (Å²) in [5.41, 5.74) is 6.05. The summed E-state index contributed by atoms with van der Waals surface area (Å²) in [6, 6.07) is 1.13. The molecule has 0 radical (unpaired) electrons. The second kappa shape index (κ2) is 3.73. The molecular formula is C9H19N3. The summed E-state index contributed by atoms with van der Waals surface area (Å²) >= 11 is 0. The van der Waals surface area contributed by atoms with Crippen molar-refractivity contribution in [3.05, 3.63) is 0 Å². The highest BCUT2D eigenvalue weighted by molar-refractivity contribution is 4.89. The van der Waals surface area contributed by atoms with Crippen molar-refractivity contribution in [3.8, 4) is 0 Å². The topological polar surface area (TPSA) is 41.3 Å². The van der Waals surface area contributed by atoms with Crippen molar-refractivity contribution in [2.75, 3.05) is 26.2 Å². The fraction of sp³-hybridized carbons (Fsp3) is 1.00. The van der Waals surface area contributed by atoms with Gasteiger partial charge in [0.1, 0.15) is 0 Å². The van der Waals surface area contributed by atoms with E-state index in [4.69, 9.17) is 5.73 Å². The predicted octanol–water partition coefficient (Wildman–Crippen LogP) is -0.229. The van der Waals surface area contributed by atoms with Crippen molar-refractivity contribution in [1.82, 2.24) is 10.2 Å². The van der Waals surface area contributed by atoms with Crippen LogP contribution in [0.25, 0.3) is 0 Å². The van der Waals surface area contributed by atoms with Crippen molar-refractivity contribution in [3.63, 3.8) is 0 Å². The molecule has 0 aromatic carbocycles. The highest BCUT2D eigenvalue weighted by Gasteiger charge is 2.29. The third kappa shape index (κ3) is 1.63. The highest BCUT2D eigenvalue weighted by Crippen LogP contribution is 2.22. The molecule has 3 nitrogen and oxygen atoms in total. The minimum Gasteiger partial charge on any atom is -0.326 e. The Morgan fingerprint density at radius 2 is 1.92 bits per heavy atom. The molecule has 1 aliphatic heterocycles. The molecule has 0 bridgehead atoms. The number of nitrogens with one attached hydrogen (secondary N) is 1. The van der Waals surface area contributed by atoms with Crippen molar-refractivity contribution in [1.29, 1.82) is 0 Å². The van der Waals surface area contributed by atoms with Gasteiger partial charge in [0.2, 0.25) is 0 Å². The zero-order valence-corrected chi connectivity index (χ0v) is 7.63.